The molecule has 0 saturated carbocycles. The van der Waals surface area contributed by atoms with Gasteiger partial charge < -0.3 is 14.5 Å². The molecule has 0 radical (unpaired) electrons. The van der Waals surface area contributed by atoms with Gasteiger partial charge in [-0.15, -0.1) is 0 Å². The Bertz CT molecular complexity index is 1550. The molecule has 0 atom stereocenters. The maximum atomic E-state index is 15.5. The fourth-order valence-corrected chi connectivity index (χ4v) is 4.90. The van der Waals surface area contributed by atoms with Crippen LogP contribution in [0.25, 0.3) is 10.9 Å². The van der Waals surface area contributed by atoms with Crippen LogP contribution < -0.4 is 14.5 Å². The third-order valence-electron chi connectivity index (χ3n) is 6.46. The second-order valence-corrected chi connectivity index (χ2v) is 10.3. The summed E-state index contributed by atoms with van der Waals surface area (Å²) in [5.74, 6) is -0.781. The number of hydrogen-bond donors (Lipinski definition) is 0. The zero-order valence-corrected chi connectivity index (χ0v) is 23.2. The highest BCUT2D eigenvalue weighted by Crippen LogP contribution is 2.41. The number of amides is 1. The Labute approximate surface area is 233 Å². The fourth-order valence-electron chi connectivity index (χ4n) is 4.37. The van der Waals surface area contributed by atoms with Gasteiger partial charge in [-0.25, -0.2) is 9.37 Å². The van der Waals surface area contributed by atoms with Gasteiger partial charge >= 0.3 is 6.18 Å². The van der Waals surface area contributed by atoms with Crippen molar-refractivity contribution in [1.82, 2.24) is 14.9 Å². The van der Waals surface area contributed by atoms with Crippen molar-refractivity contribution >= 4 is 45.5 Å². The molecule has 13 heteroatoms. The minimum atomic E-state index is -4.83. The lowest BCUT2D eigenvalue weighted by Gasteiger charge is -2.29. The van der Waals surface area contributed by atoms with Crippen LogP contribution in [-0.4, -0.2) is 58.7 Å². The number of carbonyl (C=O) groups is 1. The highest BCUT2D eigenvalue weighted by atomic mass is 32.1. The van der Waals surface area contributed by atoms with Gasteiger partial charge in [-0.05, 0) is 70.5 Å². The van der Waals surface area contributed by atoms with Crippen LogP contribution in [0.3, 0.4) is 0 Å². The zero-order chi connectivity index (χ0) is 29.6. The molecule has 1 saturated heterocycles. The number of hydrogen-bond acceptors (Lipinski definition) is 7. The Morgan fingerprint density at radius 3 is 2.45 bits per heavy atom. The van der Waals surface area contributed by atoms with Crippen molar-refractivity contribution in [1.29, 1.82) is 5.26 Å². The third kappa shape index (κ3) is 5.16. The Morgan fingerprint density at radius 2 is 1.85 bits per heavy atom. The molecule has 1 aliphatic rings. The van der Waals surface area contributed by atoms with Crippen molar-refractivity contribution in [3.8, 4) is 11.9 Å². The van der Waals surface area contributed by atoms with Gasteiger partial charge in [0.05, 0.1) is 28.3 Å². The number of alkyl halides is 3. The van der Waals surface area contributed by atoms with E-state index < -0.39 is 34.6 Å². The van der Waals surface area contributed by atoms with E-state index in [1.165, 1.54) is 36.9 Å². The number of rotatable bonds is 7. The lowest BCUT2D eigenvalue weighted by molar-refractivity contribution is -0.137. The number of fused-ring (bicyclic) bond motifs is 1. The van der Waals surface area contributed by atoms with E-state index in [1.807, 2.05) is 25.9 Å². The minimum absolute atomic E-state index is 0.0310. The molecule has 8 nitrogen and oxygen atoms in total. The summed E-state index contributed by atoms with van der Waals surface area (Å²) < 4.78 is 62.3. The van der Waals surface area contributed by atoms with E-state index in [9.17, 15) is 18.0 Å². The van der Waals surface area contributed by atoms with E-state index in [1.54, 1.807) is 6.07 Å². The number of halogens is 4. The van der Waals surface area contributed by atoms with Crippen molar-refractivity contribution in [2.45, 2.75) is 38.9 Å². The maximum absolute atomic E-state index is 15.5. The van der Waals surface area contributed by atoms with Gasteiger partial charge in [-0.2, -0.15) is 23.4 Å². The van der Waals surface area contributed by atoms with Crippen molar-refractivity contribution in [3.63, 3.8) is 0 Å². The van der Waals surface area contributed by atoms with Gasteiger partial charge in [-0.1, -0.05) is 6.92 Å². The van der Waals surface area contributed by atoms with Gasteiger partial charge in [0.15, 0.2) is 10.9 Å². The van der Waals surface area contributed by atoms with Gasteiger partial charge in [0, 0.05) is 18.7 Å². The number of anilines is 2. The molecular formula is C27H26F4N6O2S. The largest absolute Gasteiger partial charge is 0.476 e. The molecule has 2 aromatic carbocycles. The maximum Gasteiger partial charge on any atom is 0.417 e. The first-order valence-corrected chi connectivity index (χ1v) is 12.7. The Morgan fingerprint density at radius 1 is 1.15 bits per heavy atom. The number of likely N-dealkylation sites (N-methyl/N-ethyl adjacent to an activating group) is 1. The van der Waals surface area contributed by atoms with Crippen LogP contribution in [0, 0.1) is 17.1 Å². The van der Waals surface area contributed by atoms with E-state index in [-0.39, 0.29) is 39.9 Å². The average molecular weight is 575 g/mol. The highest BCUT2D eigenvalue weighted by molar-refractivity contribution is 7.81. The van der Waals surface area contributed by atoms with Crippen molar-refractivity contribution in [3.05, 3.63) is 53.1 Å². The van der Waals surface area contributed by atoms with Crippen LogP contribution in [0.5, 0.6) is 5.88 Å². The molecule has 1 amide bonds. The predicted molar refractivity (Wildman–Crippen MR) is 146 cm³/mol. The SMILES string of the molecule is CCc1nc(OCCN(C)C)c2cc(N3C(=S)N(c4ccc(C#N)c(C(F)(F)F)c4)C(=O)C3(C)C)cc(F)c2n1. The number of thiocarbonyl (C=S) groups is 1. The summed E-state index contributed by atoms with van der Waals surface area (Å²) in [7, 11) is 3.75. The smallest absolute Gasteiger partial charge is 0.417 e. The van der Waals surface area contributed by atoms with Crippen LogP contribution in [0.4, 0.5) is 28.9 Å². The van der Waals surface area contributed by atoms with E-state index in [0.717, 1.165) is 11.0 Å². The van der Waals surface area contributed by atoms with Crippen molar-refractivity contribution in [2.24, 2.45) is 0 Å². The lowest BCUT2D eigenvalue weighted by atomic mass is 10.0. The van der Waals surface area contributed by atoms with E-state index >= 15 is 4.39 Å². The molecule has 1 aromatic heterocycles. The number of aromatic nitrogens is 2. The quantitative estimate of drug-likeness (QED) is 0.285. The zero-order valence-electron chi connectivity index (χ0n) is 22.4. The number of aryl methyl sites for hydroxylation is 1. The average Bonchev–Trinajstić information content (AvgIpc) is 3.06. The fraction of sp³-hybridized carbons (Fsp3) is 0.370. The van der Waals surface area contributed by atoms with Crippen LogP contribution in [0.1, 0.15) is 37.7 Å². The molecule has 210 valence electrons. The lowest BCUT2D eigenvalue weighted by Crippen LogP contribution is -2.44. The Hall–Kier alpha value is -3.89. The summed E-state index contributed by atoms with van der Waals surface area (Å²) in [6.07, 6.45) is -4.39. The van der Waals surface area contributed by atoms with Crippen molar-refractivity contribution < 1.29 is 27.1 Å². The molecule has 3 aromatic rings. The molecular weight excluding hydrogens is 548 g/mol. The van der Waals surface area contributed by atoms with Crippen LogP contribution >= 0.6 is 12.2 Å². The van der Waals surface area contributed by atoms with E-state index in [0.29, 0.717) is 24.9 Å². The standard InChI is InChI=1S/C27H26F4N6O2S/c1-6-21-33-22-18(23(34-21)39-10-9-35(4)5)11-17(13-20(22)28)37-25(40)36(24(38)26(37,2)3)16-8-7-15(14-32)19(12-16)27(29,30)31/h7-8,11-13H,6,9-10H2,1-5H3. The summed E-state index contributed by atoms with van der Waals surface area (Å²) in [5, 5.41) is 9.24. The molecule has 0 aliphatic carbocycles. The minimum Gasteiger partial charge on any atom is -0.476 e. The summed E-state index contributed by atoms with van der Waals surface area (Å²) >= 11 is 5.58. The molecule has 0 N–H and O–H groups in total. The number of ether oxygens (including phenoxy) is 1. The molecule has 40 heavy (non-hydrogen) atoms. The molecule has 0 unspecified atom stereocenters. The monoisotopic (exact) mass is 574 g/mol. The summed E-state index contributed by atoms with van der Waals surface area (Å²) in [4.78, 5) is 26.5. The van der Waals surface area contributed by atoms with Crippen LogP contribution in [0.15, 0.2) is 30.3 Å². The topological polar surface area (TPSA) is 85.6 Å². The molecule has 0 spiro atoms. The first-order chi connectivity index (χ1) is 18.7. The normalized spacial score (nSPS) is 15.3. The van der Waals surface area contributed by atoms with Crippen LogP contribution in [0.2, 0.25) is 0 Å². The van der Waals surface area contributed by atoms with E-state index in [2.05, 4.69) is 9.97 Å². The summed E-state index contributed by atoms with van der Waals surface area (Å²) in [6, 6.07) is 7.15. The second-order valence-electron chi connectivity index (χ2n) is 9.93. The Balaban J connectivity index is 1.83. The molecule has 4 rings (SSSR count). The van der Waals surface area contributed by atoms with Gasteiger partial charge in [0.25, 0.3) is 5.91 Å². The number of nitrogens with zero attached hydrogens (tertiary/aromatic N) is 6. The molecule has 1 fully saturated rings. The number of benzene rings is 2. The van der Waals surface area contributed by atoms with Crippen LogP contribution in [-0.2, 0) is 17.4 Å². The van der Waals surface area contributed by atoms with Gasteiger partial charge in [0.1, 0.15) is 23.5 Å². The Kier molecular flexibility index (Phi) is 7.70. The molecule has 0 bridgehead atoms. The first-order valence-electron chi connectivity index (χ1n) is 12.3. The first kappa shape index (κ1) is 29.1. The summed E-state index contributed by atoms with van der Waals surface area (Å²) in [5.41, 5.74) is -3.15. The molecule has 1 aliphatic heterocycles. The number of nitriles is 1. The molecule has 2 heterocycles. The van der Waals surface area contributed by atoms with Gasteiger partial charge in [-0.3, -0.25) is 9.69 Å². The third-order valence-corrected chi connectivity index (χ3v) is 6.82. The predicted octanol–water partition coefficient (Wildman–Crippen LogP) is 5.08. The highest BCUT2D eigenvalue weighted by Gasteiger charge is 2.51. The van der Waals surface area contributed by atoms with Gasteiger partial charge in [0.2, 0.25) is 5.88 Å². The van der Waals surface area contributed by atoms with E-state index in [4.69, 9.17) is 22.2 Å². The summed E-state index contributed by atoms with van der Waals surface area (Å²) in [6.45, 7) is 5.74. The van der Waals surface area contributed by atoms with Crippen molar-refractivity contribution in [2.75, 3.05) is 37.0 Å². The number of carbonyl (C=O) groups excluding carboxylic acids is 1. The second kappa shape index (κ2) is 10.6.